The first kappa shape index (κ1) is 21.9. The van der Waals surface area contributed by atoms with Gasteiger partial charge < -0.3 is 0 Å². The minimum atomic E-state index is -0.0566. The number of amides is 1. The van der Waals surface area contributed by atoms with E-state index in [9.17, 15) is 4.79 Å². The zero-order valence-electron chi connectivity index (χ0n) is 16.6. The molecule has 0 N–H and O–H groups in total. The monoisotopic (exact) mass is 457 g/mol. The van der Waals surface area contributed by atoms with Gasteiger partial charge >= 0.3 is 0 Å². The number of carbonyl (C=O) groups excluding carboxylic acids is 1. The van der Waals surface area contributed by atoms with Gasteiger partial charge in [-0.3, -0.25) is 19.7 Å². The summed E-state index contributed by atoms with van der Waals surface area (Å²) in [6.45, 7) is 2.08. The van der Waals surface area contributed by atoms with E-state index in [0.29, 0.717) is 5.13 Å². The Morgan fingerprint density at radius 2 is 1.57 bits per heavy atom. The summed E-state index contributed by atoms with van der Waals surface area (Å²) >= 11 is 4.14. The van der Waals surface area contributed by atoms with Crippen LogP contribution in [0.1, 0.15) is 11.9 Å². The quantitative estimate of drug-likeness (QED) is 0.436. The lowest BCUT2D eigenvalue weighted by atomic mass is 10.3. The van der Waals surface area contributed by atoms with E-state index in [1.54, 1.807) is 49.4 Å². The number of pyridine rings is 2. The van der Waals surface area contributed by atoms with Crippen LogP contribution in [0.2, 0.25) is 0 Å². The van der Waals surface area contributed by atoms with E-state index in [2.05, 4.69) is 37.3 Å². The number of aryl methyl sites for hydroxylation is 1. The van der Waals surface area contributed by atoms with Crippen LogP contribution in [0.4, 0.5) is 9.93 Å². The summed E-state index contributed by atoms with van der Waals surface area (Å²) in [5.41, 5.74) is 1.95. The van der Waals surface area contributed by atoms with Gasteiger partial charge in [0.05, 0.1) is 0 Å². The van der Waals surface area contributed by atoms with Crippen LogP contribution in [0.3, 0.4) is 0 Å². The number of hydrogen-bond donors (Lipinski definition) is 0. The summed E-state index contributed by atoms with van der Waals surface area (Å²) in [6.07, 6.45) is 9.67. The smallest absolute Gasteiger partial charge is 0.281 e. The van der Waals surface area contributed by atoms with Gasteiger partial charge in [0.25, 0.3) is 5.24 Å². The SMILES string of the molecule is CCc1nnc(-c2cccnc2)s1.CSC(=O)N(C)c1nnc(-c2cccnc2)s1. The maximum Gasteiger partial charge on any atom is 0.287 e. The predicted molar refractivity (Wildman–Crippen MR) is 123 cm³/mol. The van der Waals surface area contributed by atoms with Gasteiger partial charge in [0, 0.05) is 43.0 Å². The van der Waals surface area contributed by atoms with Gasteiger partial charge in [-0.15, -0.1) is 20.4 Å². The number of carbonyl (C=O) groups is 1. The van der Waals surface area contributed by atoms with Crippen LogP contribution < -0.4 is 4.90 Å². The van der Waals surface area contributed by atoms with Crippen LogP contribution in [0.25, 0.3) is 21.1 Å². The lowest BCUT2D eigenvalue weighted by Gasteiger charge is -2.09. The van der Waals surface area contributed by atoms with Crippen LogP contribution in [0.5, 0.6) is 0 Å². The molecule has 30 heavy (non-hydrogen) atoms. The van der Waals surface area contributed by atoms with E-state index < -0.39 is 0 Å². The third kappa shape index (κ3) is 5.65. The first-order chi connectivity index (χ1) is 14.6. The molecule has 0 aromatic carbocycles. The van der Waals surface area contributed by atoms with Gasteiger partial charge in [-0.05, 0) is 36.9 Å². The Balaban J connectivity index is 0.000000177. The van der Waals surface area contributed by atoms with Crippen LogP contribution in [0, 0.1) is 0 Å². The third-order valence-electron chi connectivity index (χ3n) is 3.74. The lowest BCUT2D eigenvalue weighted by Crippen LogP contribution is -2.20. The highest BCUT2D eigenvalue weighted by Crippen LogP contribution is 2.28. The Hall–Kier alpha value is -2.76. The van der Waals surface area contributed by atoms with Crippen molar-refractivity contribution in [2.24, 2.45) is 0 Å². The Morgan fingerprint density at radius 3 is 2.07 bits per heavy atom. The van der Waals surface area contributed by atoms with E-state index in [1.165, 1.54) is 16.2 Å². The minimum absolute atomic E-state index is 0.0566. The molecule has 1 amide bonds. The fourth-order valence-electron chi connectivity index (χ4n) is 2.17. The summed E-state index contributed by atoms with van der Waals surface area (Å²) in [6, 6.07) is 7.65. The van der Waals surface area contributed by atoms with Crippen molar-refractivity contribution in [2.45, 2.75) is 13.3 Å². The molecule has 4 heterocycles. The van der Waals surface area contributed by atoms with E-state index in [0.717, 1.165) is 44.3 Å². The fraction of sp³-hybridized carbons (Fsp3) is 0.211. The van der Waals surface area contributed by atoms with Crippen molar-refractivity contribution in [2.75, 3.05) is 18.2 Å². The molecule has 0 bridgehead atoms. The molecule has 0 atom stereocenters. The average molecular weight is 458 g/mol. The molecule has 0 radical (unpaired) electrons. The summed E-state index contributed by atoms with van der Waals surface area (Å²) in [5.74, 6) is 0. The normalized spacial score (nSPS) is 10.2. The Morgan fingerprint density at radius 1 is 0.967 bits per heavy atom. The number of thioether (sulfide) groups is 1. The molecule has 0 aliphatic carbocycles. The van der Waals surface area contributed by atoms with Crippen molar-refractivity contribution in [3.8, 4) is 21.1 Å². The number of aromatic nitrogens is 6. The second kappa shape index (κ2) is 10.9. The molecule has 4 rings (SSSR count). The number of rotatable bonds is 4. The molecule has 154 valence electrons. The van der Waals surface area contributed by atoms with Crippen LogP contribution in [-0.2, 0) is 6.42 Å². The van der Waals surface area contributed by atoms with E-state index in [-0.39, 0.29) is 5.24 Å². The van der Waals surface area contributed by atoms with Gasteiger partial charge in [0.1, 0.15) is 10.0 Å². The maximum atomic E-state index is 11.5. The fourth-order valence-corrected chi connectivity index (χ4v) is 4.16. The van der Waals surface area contributed by atoms with Gasteiger partial charge in [0.15, 0.2) is 5.01 Å². The molecule has 11 heteroatoms. The van der Waals surface area contributed by atoms with Crippen molar-refractivity contribution in [3.05, 3.63) is 54.1 Å². The Kier molecular flexibility index (Phi) is 7.94. The van der Waals surface area contributed by atoms with Gasteiger partial charge in [-0.1, -0.05) is 41.4 Å². The van der Waals surface area contributed by atoms with E-state index in [4.69, 9.17) is 0 Å². The zero-order chi connectivity index (χ0) is 21.3. The summed E-state index contributed by atoms with van der Waals surface area (Å²) in [5, 5.41) is 19.5. The van der Waals surface area contributed by atoms with Gasteiger partial charge in [-0.25, -0.2) is 0 Å². The molecule has 0 fully saturated rings. The largest absolute Gasteiger partial charge is 0.287 e. The van der Waals surface area contributed by atoms with Gasteiger partial charge in [-0.2, -0.15) is 0 Å². The topological polar surface area (TPSA) is 97.7 Å². The van der Waals surface area contributed by atoms with Gasteiger partial charge in [0.2, 0.25) is 5.13 Å². The maximum absolute atomic E-state index is 11.5. The Bertz CT molecular complexity index is 1070. The first-order valence-electron chi connectivity index (χ1n) is 8.90. The molecule has 0 aliphatic heterocycles. The molecule has 0 aliphatic rings. The summed E-state index contributed by atoms with van der Waals surface area (Å²) < 4.78 is 0. The summed E-state index contributed by atoms with van der Waals surface area (Å²) in [4.78, 5) is 21.0. The Labute approximate surface area is 186 Å². The van der Waals surface area contributed by atoms with Crippen molar-refractivity contribution in [3.63, 3.8) is 0 Å². The number of hydrogen-bond acceptors (Lipinski definition) is 10. The van der Waals surface area contributed by atoms with Crippen molar-refractivity contribution in [1.82, 2.24) is 30.4 Å². The van der Waals surface area contributed by atoms with Crippen LogP contribution in [0.15, 0.2) is 49.1 Å². The number of nitrogens with zero attached hydrogens (tertiary/aromatic N) is 7. The molecule has 0 unspecified atom stereocenters. The minimum Gasteiger partial charge on any atom is -0.281 e. The third-order valence-corrected chi connectivity index (χ3v) is 6.52. The second-order valence-electron chi connectivity index (χ2n) is 5.76. The lowest BCUT2D eigenvalue weighted by molar-refractivity contribution is 0.266. The molecule has 8 nitrogen and oxygen atoms in total. The molecule has 0 saturated heterocycles. The van der Waals surface area contributed by atoms with Crippen molar-refractivity contribution < 1.29 is 4.79 Å². The standard InChI is InChI=1S/C10H10N4OS2.C9H9N3S/c1-14(10(15)16-2)9-13-12-8(17-9)7-4-3-5-11-6-7;1-2-8-11-12-9(13-8)7-4-3-5-10-6-7/h3-6H,1-2H3;3-6H,2H2,1H3. The van der Waals surface area contributed by atoms with Crippen molar-refractivity contribution >= 4 is 44.8 Å². The van der Waals surface area contributed by atoms with Crippen molar-refractivity contribution in [1.29, 1.82) is 0 Å². The second-order valence-corrected chi connectivity index (χ2v) is 8.53. The predicted octanol–water partition coefficient (Wildman–Crippen LogP) is 4.68. The molecule has 0 saturated carbocycles. The molecule has 4 aromatic heterocycles. The average Bonchev–Trinajstić information content (AvgIpc) is 3.50. The highest BCUT2D eigenvalue weighted by molar-refractivity contribution is 8.13. The van der Waals surface area contributed by atoms with E-state index in [1.807, 2.05) is 24.3 Å². The zero-order valence-corrected chi connectivity index (χ0v) is 19.0. The van der Waals surface area contributed by atoms with Crippen LogP contribution in [-0.4, -0.2) is 48.9 Å². The molecular weight excluding hydrogens is 438 g/mol. The molecule has 4 aromatic rings. The highest BCUT2D eigenvalue weighted by Gasteiger charge is 2.15. The van der Waals surface area contributed by atoms with Crippen LogP contribution >= 0.6 is 34.4 Å². The highest BCUT2D eigenvalue weighted by atomic mass is 32.2. The molecular formula is C19H19N7OS3. The number of anilines is 1. The molecule has 0 spiro atoms. The summed E-state index contributed by atoms with van der Waals surface area (Å²) in [7, 11) is 1.69. The van der Waals surface area contributed by atoms with E-state index >= 15 is 0 Å². The first-order valence-corrected chi connectivity index (χ1v) is 11.8.